The van der Waals surface area contributed by atoms with Gasteiger partial charge in [-0.3, -0.25) is 4.79 Å². The molecule has 110 valence electrons. The molecule has 4 N–H and O–H groups in total. The standard InChI is InChI=1S/C14H21N3O3/c1-2-12(15)13(18)16-8-9-17-14(19)20-10-11-6-4-3-5-7-11/h3-7,12H,2,8-10,15H2,1H3,(H,16,18)(H,17,19). The lowest BCUT2D eigenvalue weighted by atomic mass is 10.2. The predicted molar refractivity (Wildman–Crippen MR) is 75.9 cm³/mol. The molecule has 0 saturated carbocycles. The molecule has 0 aliphatic heterocycles. The second kappa shape index (κ2) is 8.92. The molecule has 0 radical (unpaired) electrons. The van der Waals surface area contributed by atoms with E-state index in [0.717, 1.165) is 5.56 Å². The third-order valence-electron chi connectivity index (χ3n) is 2.68. The molecule has 0 heterocycles. The van der Waals surface area contributed by atoms with E-state index in [-0.39, 0.29) is 12.5 Å². The van der Waals surface area contributed by atoms with Crippen molar-refractivity contribution in [3.05, 3.63) is 35.9 Å². The maximum absolute atomic E-state index is 11.4. The highest BCUT2D eigenvalue weighted by Crippen LogP contribution is 2.00. The van der Waals surface area contributed by atoms with Crippen molar-refractivity contribution >= 4 is 12.0 Å². The van der Waals surface area contributed by atoms with Crippen LogP contribution in [-0.2, 0) is 16.1 Å². The lowest BCUT2D eigenvalue weighted by Gasteiger charge is -2.10. The van der Waals surface area contributed by atoms with Gasteiger partial charge in [-0.15, -0.1) is 0 Å². The minimum Gasteiger partial charge on any atom is -0.445 e. The Morgan fingerprint density at radius 3 is 2.50 bits per heavy atom. The fraction of sp³-hybridized carbons (Fsp3) is 0.429. The Bertz CT molecular complexity index is 423. The van der Waals surface area contributed by atoms with E-state index in [2.05, 4.69) is 10.6 Å². The van der Waals surface area contributed by atoms with Gasteiger partial charge in [0, 0.05) is 13.1 Å². The Morgan fingerprint density at radius 2 is 1.85 bits per heavy atom. The summed E-state index contributed by atoms with van der Waals surface area (Å²) in [5.74, 6) is -0.216. The Hall–Kier alpha value is -2.08. The largest absolute Gasteiger partial charge is 0.445 e. The number of nitrogens with one attached hydrogen (secondary N) is 2. The maximum atomic E-state index is 11.4. The topological polar surface area (TPSA) is 93.5 Å². The van der Waals surface area contributed by atoms with Crippen LogP contribution in [0.25, 0.3) is 0 Å². The number of amides is 2. The van der Waals surface area contributed by atoms with Gasteiger partial charge in [0.05, 0.1) is 6.04 Å². The van der Waals surface area contributed by atoms with Crippen molar-refractivity contribution in [1.29, 1.82) is 0 Å². The van der Waals surface area contributed by atoms with E-state index < -0.39 is 12.1 Å². The summed E-state index contributed by atoms with van der Waals surface area (Å²) in [6.07, 6.45) is 0.0705. The van der Waals surface area contributed by atoms with E-state index >= 15 is 0 Å². The molecular formula is C14H21N3O3. The van der Waals surface area contributed by atoms with Gasteiger partial charge in [0.25, 0.3) is 0 Å². The lowest BCUT2D eigenvalue weighted by Crippen LogP contribution is -2.43. The number of carbonyl (C=O) groups excluding carboxylic acids is 2. The summed E-state index contributed by atoms with van der Waals surface area (Å²) >= 11 is 0. The molecule has 20 heavy (non-hydrogen) atoms. The van der Waals surface area contributed by atoms with Gasteiger partial charge < -0.3 is 21.1 Å². The van der Waals surface area contributed by atoms with E-state index in [1.165, 1.54) is 0 Å². The number of nitrogens with two attached hydrogens (primary N) is 1. The van der Waals surface area contributed by atoms with Gasteiger partial charge in [0.2, 0.25) is 5.91 Å². The Balaban J connectivity index is 2.10. The predicted octanol–water partition coefficient (Wildman–Crippen LogP) is 0.766. The molecular weight excluding hydrogens is 258 g/mol. The zero-order valence-corrected chi connectivity index (χ0v) is 11.6. The van der Waals surface area contributed by atoms with Crippen LogP contribution in [0.5, 0.6) is 0 Å². The van der Waals surface area contributed by atoms with Crippen LogP contribution in [0.2, 0.25) is 0 Å². The van der Waals surface area contributed by atoms with Crippen molar-refractivity contribution in [2.75, 3.05) is 13.1 Å². The van der Waals surface area contributed by atoms with E-state index in [0.29, 0.717) is 19.5 Å². The number of ether oxygens (including phenoxy) is 1. The van der Waals surface area contributed by atoms with Crippen molar-refractivity contribution in [3.63, 3.8) is 0 Å². The first-order valence-electron chi connectivity index (χ1n) is 6.61. The molecule has 0 aliphatic rings. The normalized spacial score (nSPS) is 11.5. The monoisotopic (exact) mass is 279 g/mol. The second-order valence-corrected chi connectivity index (χ2v) is 4.29. The van der Waals surface area contributed by atoms with Gasteiger partial charge in [-0.05, 0) is 12.0 Å². The van der Waals surface area contributed by atoms with Gasteiger partial charge in [-0.1, -0.05) is 37.3 Å². The summed E-state index contributed by atoms with van der Waals surface area (Å²) in [6, 6.07) is 8.90. The first-order valence-corrected chi connectivity index (χ1v) is 6.61. The summed E-state index contributed by atoms with van der Waals surface area (Å²) in [5, 5.41) is 5.18. The van der Waals surface area contributed by atoms with Crippen LogP contribution in [-0.4, -0.2) is 31.1 Å². The smallest absolute Gasteiger partial charge is 0.407 e. The number of rotatable bonds is 7. The summed E-state index contributed by atoms with van der Waals surface area (Å²) < 4.78 is 5.02. The minimum atomic E-state index is -0.511. The van der Waals surface area contributed by atoms with E-state index in [1.807, 2.05) is 37.3 Å². The summed E-state index contributed by atoms with van der Waals surface area (Å²) in [7, 11) is 0. The fourth-order valence-electron chi connectivity index (χ4n) is 1.44. The average Bonchev–Trinajstić information content (AvgIpc) is 2.49. The molecule has 1 rings (SSSR count). The highest BCUT2D eigenvalue weighted by molar-refractivity contribution is 5.81. The Kier molecular flexibility index (Phi) is 7.13. The summed E-state index contributed by atoms with van der Waals surface area (Å²) in [6.45, 7) is 2.69. The van der Waals surface area contributed by atoms with Crippen LogP contribution >= 0.6 is 0 Å². The van der Waals surface area contributed by atoms with Crippen molar-refractivity contribution in [1.82, 2.24) is 10.6 Å². The first kappa shape index (κ1) is 16.0. The molecule has 1 aromatic rings. The Morgan fingerprint density at radius 1 is 1.20 bits per heavy atom. The summed E-state index contributed by atoms with van der Waals surface area (Å²) in [5.41, 5.74) is 6.47. The van der Waals surface area contributed by atoms with Gasteiger partial charge in [-0.2, -0.15) is 0 Å². The number of carbonyl (C=O) groups is 2. The molecule has 2 amide bonds. The van der Waals surface area contributed by atoms with Crippen LogP contribution in [0, 0.1) is 0 Å². The molecule has 0 aliphatic carbocycles. The van der Waals surface area contributed by atoms with Crippen LogP contribution in [0.4, 0.5) is 4.79 Å². The number of benzene rings is 1. The molecule has 1 atom stereocenters. The molecule has 6 heteroatoms. The molecule has 0 bridgehead atoms. The molecule has 0 fully saturated rings. The first-order chi connectivity index (χ1) is 9.63. The maximum Gasteiger partial charge on any atom is 0.407 e. The van der Waals surface area contributed by atoms with E-state index in [4.69, 9.17) is 10.5 Å². The van der Waals surface area contributed by atoms with Crippen molar-refractivity contribution < 1.29 is 14.3 Å². The third kappa shape index (κ3) is 6.19. The van der Waals surface area contributed by atoms with Crippen molar-refractivity contribution in [2.45, 2.75) is 26.0 Å². The molecule has 6 nitrogen and oxygen atoms in total. The highest BCUT2D eigenvalue weighted by Gasteiger charge is 2.09. The van der Waals surface area contributed by atoms with Crippen molar-refractivity contribution in [3.8, 4) is 0 Å². The van der Waals surface area contributed by atoms with E-state index in [9.17, 15) is 9.59 Å². The van der Waals surface area contributed by atoms with Gasteiger partial charge in [0.1, 0.15) is 6.61 Å². The van der Waals surface area contributed by atoms with Crippen LogP contribution < -0.4 is 16.4 Å². The van der Waals surface area contributed by atoms with Gasteiger partial charge in [0.15, 0.2) is 0 Å². The molecule has 1 unspecified atom stereocenters. The number of alkyl carbamates (subject to hydrolysis) is 1. The average molecular weight is 279 g/mol. The minimum absolute atomic E-state index is 0.216. The van der Waals surface area contributed by atoms with Gasteiger partial charge >= 0.3 is 6.09 Å². The third-order valence-corrected chi connectivity index (χ3v) is 2.68. The van der Waals surface area contributed by atoms with Crippen LogP contribution in [0.3, 0.4) is 0 Å². The molecule has 1 aromatic carbocycles. The zero-order valence-electron chi connectivity index (χ0n) is 11.6. The van der Waals surface area contributed by atoms with Crippen molar-refractivity contribution in [2.24, 2.45) is 5.73 Å². The zero-order chi connectivity index (χ0) is 14.8. The number of hydrogen-bond donors (Lipinski definition) is 3. The second-order valence-electron chi connectivity index (χ2n) is 4.29. The fourth-order valence-corrected chi connectivity index (χ4v) is 1.44. The lowest BCUT2D eigenvalue weighted by molar-refractivity contribution is -0.122. The number of hydrogen-bond acceptors (Lipinski definition) is 4. The molecule has 0 saturated heterocycles. The SMILES string of the molecule is CCC(N)C(=O)NCCNC(=O)OCc1ccccc1. The molecule has 0 spiro atoms. The van der Waals surface area contributed by atoms with Crippen LogP contribution in [0.15, 0.2) is 30.3 Å². The Labute approximate surface area is 118 Å². The summed E-state index contributed by atoms with van der Waals surface area (Å²) in [4.78, 5) is 22.7. The molecule has 0 aromatic heterocycles. The highest BCUT2D eigenvalue weighted by atomic mass is 16.5. The van der Waals surface area contributed by atoms with Gasteiger partial charge in [-0.25, -0.2) is 4.79 Å². The van der Waals surface area contributed by atoms with E-state index in [1.54, 1.807) is 0 Å². The van der Waals surface area contributed by atoms with Crippen LogP contribution in [0.1, 0.15) is 18.9 Å². The quantitative estimate of drug-likeness (QED) is 0.643.